The maximum absolute atomic E-state index is 10.8. The fourth-order valence-corrected chi connectivity index (χ4v) is 2.56. The van der Waals surface area contributed by atoms with Gasteiger partial charge in [0.15, 0.2) is 0 Å². The number of carbonyl (C=O) groups excluding carboxylic acids is 1. The molecular weight excluding hydrogens is 188 g/mol. The lowest BCUT2D eigenvalue weighted by Crippen LogP contribution is -2.22. The number of rotatable bonds is 2. The molecule has 0 radical (unpaired) electrons. The van der Waals surface area contributed by atoms with Crippen LogP contribution in [0.4, 0.5) is 0 Å². The highest BCUT2D eigenvalue weighted by molar-refractivity contribution is 5.54. The number of hydrogen-bond acceptors (Lipinski definition) is 2. The van der Waals surface area contributed by atoms with Crippen molar-refractivity contribution in [1.29, 1.82) is 0 Å². The van der Waals surface area contributed by atoms with Crippen LogP contribution in [0.15, 0.2) is 0 Å². The molecule has 15 heavy (non-hydrogen) atoms. The van der Waals surface area contributed by atoms with Crippen LogP contribution < -0.4 is 0 Å². The van der Waals surface area contributed by atoms with E-state index in [0.29, 0.717) is 5.92 Å². The fourth-order valence-electron chi connectivity index (χ4n) is 2.56. The van der Waals surface area contributed by atoms with E-state index >= 15 is 0 Å². The number of aromatic nitrogens is 2. The third-order valence-corrected chi connectivity index (χ3v) is 3.61. The molecule has 1 aliphatic heterocycles. The first kappa shape index (κ1) is 9.13. The number of aldehydes is 1. The molecule has 1 saturated carbocycles. The molecule has 3 heteroatoms. The summed E-state index contributed by atoms with van der Waals surface area (Å²) in [6.07, 6.45) is 5.69. The summed E-state index contributed by atoms with van der Waals surface area (Å²) in [6.45, 7) is 2.96. The van der Waals surface area contributed by atoms with Crippen LogP contribution in [0.2, 0.25) is 0 Å². The van der Waals surface area contributed by atoms with Crippen molar-refractivity contribution < 1.29 is 4.79 Å². The summed E-state index contributed by atoms with van der Waals surface area (Å²) < 4.78 is 2.32. The van der Waals surface area contributed by atoms with E-state index in [0.717, 1.165) is 25.7 Å². The van der Waals surface area contributed by atoms with Crippen LogP contribution in [-0.4, -0.2) is 15.8 Å². The van der Waals surface area contributed by atoms with Crippen molar-refractivity contribution >= 4 is 6.29 Å². The fraction of sp³-hybridized carbons (Fsp3) is 0.667. The lowest BCUT2D eigenvalue weighted by atomic mass is 9.98. The number of imidazole rings is 1. The van der Waals surface area contributed by atoms with Crippen molar-refractivity contribution in [2.75, 3.05) is 0 Å². The predicted octanol–water partition coefficient (Wildman–Crippen LogP) is 1.83. The highest BCUT2D eigenvalue weighted by Gasteiger charge is 2.32. The Bertz CT molecular complexity index is 404. The Morgan fingerprint density at radius 3 is 2.87 bits per heavy atom. The Kier molecular flexibility index (Phi) is 1.94. The molecule has 1 aromatic heterocycles. The highest BCUT2D eigenvalue weighted by Crippen LogP contribution is 2.41. The minimum absolute atomic E-state index is 0.212. The summed E-state index contributed by atoms with van der Waals surface area (Å²) in [6, 6.07) is 0. The molecule has 1 atom stereocenters. The van der Waals surface area contributed by atoms with Crippen LogP contribution in [0.1, 0.15) is 42.4 Å². The van der Waals surface area contributed by atoms with Gasteiger partial charge in [0.25, 0.3) is 0 Å². The molecule has 2 aliphatic rings. The van der Waals surface area contributed by atoms with Crippen LogP contribution in [0.25, 0.3) is 0 Å². The average Bonchev–Trinajstić information content (AvgIpc) is 3.04. The maximum atomic E-state index is 10.8. The summed E-state index contributed by atoms with van der Waals surface area (Å²) in [7, 11) is 0. The van der Waals surface area contributed by atoms with Crippen LogP contribution in [-0.2, 0) is 17.8 Å². The molecule has 0 aromatic carbocycles. The zero-order chi connectivity index (χ0) is 10.4. The minimum atomic E-state index is 0.212. The summed E-state index contributed by atoms with van der Waals surface area (Å²) in [5.74, 6) is 2.14. The molecule has 0 bridgehead atoms. The summed E-state index contributed by atoms with van der Waals surface area (Å²) in [5, 5.41) is 0. The van der Waals surface area contributed by atoms with Crippen LogP contribution in [0, 0.1) is 12.8 Å². The van der Waals surface area contributed by atoms with Crippen molar-refractivity contribution in [3.05, 3.63) is 17.2 Å². The molecule has 1 aliphatic carbocycles. The Morgan fingerprint density at radius 1 is 1.40 bits per heavy atom. The third kappa shape index (κ3) is 1.41. The Morgan fingerprint density at radius 2 is 2.20 bits per heavy atom. The first-order chi connectivity index (χ1) is 7.29. The second-order valence-electron chi connectivity index (χ2n) is 4.82. The Hall–Kier alpha value is -1.12. The summed E-state index contributed by atoms with van der Waals surface area (Å²) >= 11 is 0. The van der Waals surface area contributed by atoms with Gasteiger partial charge in [-0.3, -0.25) is 0 Å². The molecule has 1 unspecified atom stereocenters. The van der Waals surface area contributed by atoms with Crippen LogP contribution >= 0.6 is 0 Å². The monoisotopic (exact) mass is 204 g/mol. The van der Waals surface area contributed by atoms with Gasteiger partial charge in [-0.2, -0.15) is 0 Å². The highest BCUT2D eigenvalue weighted by atomic mass is 16.1. The Balaban J connectivity index is 2.01. The summed E-state index contributed by atoms with van der Waals surface area (Å²) in [4.78, 5) is 15.5. The lowest BCUT2D eigenvalue weighted by molar-refractivity contribution is -0.111. The molecule has 0 amide bonds. The predicted molar refractivity (Wildman–Crippen MR) is 56.8 cm³/mol. The molecule has 80 valence electrons. The van der Waals surface area contributed by atoms with Gasteiger partial charge in [0.2, 0.25) is 0 Å². The minimum Gasteiger partial charge on any atom is -0.331 e. The van der Waals surface area contributed by atoms with E-state index in [9.17, 15) is 4.79 Å². The van der Waals surface area contributed by atoms with E-state index in [1.165, 1.54) is 30.1 Å². The second-order valence-corrected chi connectivity index (χ2v) is 4.82. The number of aryl methyl sites for hydroxylation is 1. The number of nitrogens with zero attached hydrogens (tertiary/aromatic N) is 2. The van der Waals surface area contributed by atoms with Gasteiger partial charge < -0.3 is 9.36 Å². The first-order valence-corrected chi connectivity index (χ1v) is 5.80. The Labute approximate surface area is 89.5 Å². The summed E-state index contributed by atoms with van der Waals surface area (Å²) in [5.41, 5.74) is 2.55. The average molecular weight is 204 g/mol. The maximum Gasteiger partial charge on any atom is 0.124 e. The standard InChI is InChI=1S/C12H16N2O/c1-8-11-5-2-9(7-15)6-14(11)12(13-8)10-3-4-10/h7,9-10H,2-6H2,1H3. The van der Waals surface area contributed by atoms with Crippen molar-refractivity contribution in [3.8, 4) is 0 Å². The number of hydrogen-bond donors (Lipinski definition) is 0. The molecule has 0 N–H and O–H groups in total. The van der Waals surface area contributed by atoms with E-state index in [4.69, 9.17) is 0 Å². The molecule has 3 nitrogen and oxygen atoms in total. The molecule has 1 fully saturated rings. The molecular formula is C12H16N2O. The normalized spacial score (nSPS) is 25.0. The van der Waals surface area contributed by atoms with Gasteiger partial charge >= 0.3 is 0 Å². The van der Waals surface area contributed by atoms with E-state index < -0.39 is 0 Å². The van der Waals surface area contributed by atoms with Gasteiger partial charge in [-0.1, -0.05) is 0 Å². The van der Waals surface area contributed by atoms with Crippen molar-refractivity contribution in [3.63, 3.8) is 0 Å². The quantitative estimate of drug-likeness (QED) is 0.689. The van der Waals surface area contributed by atoms with Gasteiger partial charge in [-0.15, -0.1) is 0 Å². The van der Waals surface area contributed by atoms with Gasteiger partial charge in [0, 0.05) is 24.1 Å². The molecule has 0 spiro atoms. The van der Waals surface area contributed by atoms with E-state index in [1.807, 2.05) is 0 Å². The van der Waals surface area contributed by atoms with Crippen LogP contribution in [0.5, 0.6) is 0 Å². The van der Waals surface area contributed by atoms with Gasteiger partial charge in [-0.05, 0) is 32.6 Å². The van der Waals surface area contributed by atoms with E-state index in [-0.39, 0.29) is 5.92 Å². The smallest absolute Gasteiger partial charge is 0.124 e. The van der Waals surface area contributed by atoms with Gasteiger partial charge in [-0.25, -0.2) is 4.98 Å². The van der Waals surface area contributed by atoms with Crippen molar-refractivity contribution in [2.24, 2.45) is 5.92 Å². The van der Waals surface area contributed by atoms with Gasteiger partial charge in [0.05, 0.1) is 5.69 Å². The number of carbonyl (C=O) groups is 1. The second kappa shape index (κ2) is 3.19. The van der Waals surface area contributed by atoms with Crippen molar-refractivity contribution in [2.45, 2.75) is 45.1 Å². The number of fused-ring (bicyclic) bond motifs is 1. The molecule has 3 rings (SSSR count). The zero-order valence-electron chi connectivity index (χ0n) is 9.07. The SMILES string of the molecule is Cc1nc(C2CC2)n2c1CCC(C=O)C2. The topological polar surface area (TPSA) is 34.9 Å². The van der Waals surface area contributed by atoms with E-state index in [2.05, 4.69) is 16.5 Å². The largest absolute Gasteiger partial charge is 0.331 e. The molecule has 0 saturated heterocycles. The lowest BCUT2D eigenvalue weighted by Gasteiger charge is -2.21. The first-order valence-electron chi connectivity index (χ1n) is 5.80. The van der Waals surface area contributed by atoms with Crippen molar-refractivity contribution in [1.82, 2.24) is 9.55 Å². The molecule has 2 heterocycles. The zero-order valence-corrected chi connectivity index (χ0v) is 9.07. The van der Waals surface area contributed by atoms with Crippen LogP contribution in [0.3, 0.4) is 0 Å². The molecule has 1 aromatic rings. The van der Waals surface area contributed by atoms with E-state index in [1.54, 1.807) is 0 Å². The van der Waals surface area contributed by atoms with Gasteiger partial charge in [0.1, 0.15) is 12.1 Å². The third-order valence-electron chi connectivity index (χ3n) is 3.61.